The summed E-state index contributed by atoms with van der Waals surface area (Å²) in [6, 6.07) is 5.55. The van der Waals surface area contributed by atoms with Gasteiger partial charge in [-0.1, -0.05) is 0 Å². The standard InChI is InChI=1S/C14H18BrIN2O2/c1-14(2,3)18-12(19)6-7-17-13(20)10-8-9(16)4-5-11(10)15/h4-5,8H,6-7H2,1-3H3,(H,17,20)(H,18,19). The fraction of sp³-hybridized carbons (Fsp3) is 0.429. The van der Waals surface area contributed by atoms with E-state index in [0.717, 1.165) is 8.04 Å². The number of benzene rings is 1. The number of nitrogens with one attached hydrogen (secondary N) is 2. The van der Waals surface area contributed by atoms with Crippen LogP contribution < -0.4 is 10.6 Å². The number of hydrogen-bond acceptors (Lipinski definition) is 2. The van der Waals surface area contributed by atoms with Gasteiger partial charge in [0, 0.05) is 26.5 Å². The van der Waals surface area contributed by atoms with E-state index in [0.29, 0.717) is 12.1 Å². The highest BCUT2D eigenvalue weighted by atomic mass is 127. The molecule has 1 aromatic carbocycles. The van der Waals surface area contributed by atoms with E-state index in [4.69, 9.17) is 0 Å². The number of carbonyl (C=O) groups is 2. The second-order valence-electron chi connectivity index (χ2n) is 5.43. The lowest BCUT2D eigenvalue weighted by atomic mass is 10.1. The van der Waals surface area contributed by atoms with Gasteiger partial charge in [0.1, 0.15) is 0 Å². The van der Waals surface area contributed by atoms with Crippen molar-refractivity contribution in [1.29, 1.82) is 0 Å². The van der Waals surface area contributed by atoms with Crippen LogP contribution in [0.4, 0.5) is 0 Å². The molecular weight excluding hydrogens is 435 g/mol. The minimum Gasteiger partial charge on any atom is -0.351 e. The van der Waals surface area contributed by atoms with Crippen LogP contribution in [0.25, 0.3) is 0 Å². The Balaban J connectivity index is 2.48. The molecule has 110 valence electrons. The largest absolute Gasteiger partial charge is 0.351 e. The van der Waals surface area contributed by atoms with Crippen molar-refractivity contribution >= 4 is 50.3 Å². The van der Waals surface area contributed by atoms with E-state index in [-0.39, 0.29) is 23.8 Å². The molecule has 0 aliphatic rings. The molecule has 20 heavy (non-hydrogen) atoms. The van der Waals surface area contributed by atoms with Gasteiger partial charge >= 0.3 is 0 Å². The molecule has 4 nitrogen and oxygen atoms in total. The molecule has 2 amide bonds. The van der Waals surface area contributed by atoms with Crippen molar-refractivity contribution in [2.75, 3.05) is 6.54 Å². The number of carbonyl (C=O) groups excluding carboxylic acids is 2. The van der Waals surface area contributed by atoms with Gasteiger partial charge in [-0.3, -0.25) is 9.59 Å². The number of hydrogen-bond donors (Lipinski definition) is 2. The van der Waals surface area contributed by atoms with Crippen LogP contribution in [0.15, 0.2) is 22.7 Å². The van der Waals surface area contributed by atoms with Crippen LogP contribution >= 0.6 is 38.5 Å². The summed E-state index contributed by atoms with van der Waals surface area (Å²) in [4.78, 5) is 23.6. The molecule has 0 bridgehead atoms. The van der Waals surface area contributed by atoms with Crippen molar-refractivity contribution in [2.24, 2.45) is 0 Å². The molecule has 0 aliphatic heterocycles. The predicted molar refractivity (Wildman–Crippen MR) is 91.7 cm³/mol. The molecule has 0 radical (unpaired) electrons. The molecule has 0 unspecified atom stereocenters. The monoisotopic (exact) mass is 452 g/mol. The Labute approximate surface area is 141 Å². The van der Waals surface area contributed by atoms with Crippen LogP contribution in [0.1, 0.15) is 37.6 Å². The molecule has 0 fully saturated rings. The van der Waals surface area contributed by atoms with Crippen molar-refractivity contribution in [3.8, 4) is 0 Å². The molecule has 0 saturated heterocycles. The zero-order valence-corrected chi connectivity index (χ0v) is 15.5. The van der Waals surface area contributed by atoms with Gasteiger partial charge in [0.2, 0.25) is 5.91 Å². The third-order valence-corrected chi connectivity index (χ3v) is 3.69. The average molecular weight is 453 g/mol. The maximum atomic E-state index is 12.0. The Kier molecular flexibility index (Phi) is 6.44. The molecule has 0 atom stereocenters. The van der Waals surface area contributed by atoms with Gasteiger partial charge in [0.15, 0.2) is 0 Å². The Hall–Kier alpha value is -0.630. The van der Waals surface area contributed by atoms with Crippen molar-refractivity contribution in [2.45, 2.75) is 32.7 Å². The Morgan fingerprint density at radius 3 is 2.55 bits per heavy atom. The lowest BCUT2D eigenvalue weighted by Gasteiger charge is -2.20. The zero-order chi connectivity index (χ0) is 15.3. The van der Waals surface area contributed by atoms with Crippen LogP contribution in [0.5, 0.6) is 0 Å². The fourth-order valence-corrected chi connectivity index (χ4v) is 2.45. The average Bonchev–Trinajstić information content (AvgIpc) is 2.29. The summed E-state index contributed by atoms with van der Waals surface area (Å²) in [6.07, 6.45) is 0.268. The lowest BCUT2D eigenvalue weighted by Crippen LogP contribution is -2.42. The molecule has 1 rings (SSSR count). The van der Waals surface area contributed by atoms with E-state index in [9.17, 15) is 9.59 Å². The summed E-state index contributed by atoms with van der Waals surface area (Å²) in [5.41, 5.74) is 0.327. The summed E-state index contributed by atoms with van der Waals surface area (Å²) in [7, 11) is 0. The van der Waals surface area contributed by atoms with E-state index in [2.05, 4.69) is 49.2 Å². The summed E-state index contributed by atoms with van der Waals surface area (Å²) in [5, 5.41) is 5.60. The van der Waals surface area contributed by atoms with Gasteiger partial charge in [-0.05, 0) is 77.5 Å². The van der Waals surface area contributed by atoms with Crippen LogP contribution in [-0.4, -0.2) is 23.9 Å². The van der Waals surface area contributed by atoms with Crippen LogP contribution in [-0.2, 0) is 4.79 Å². The topological polar surface area (TPSA) is 58.2 Å². The SMILES string of the molecule is CC(C)(C)NC(=O)CCNC(=O)c1cc(I)ccc1Br. The van der Waals surface area contributed by atoms with Crippen LogP contribution in [0.3, 0.4) is 0 Å². The van der Waals surface area contributed by atoms with Crippen LogP contribution in [0.2, 0.25) is 0 Å². The summed E-state index contributed by atoms with van der Waals surface area (Å²) in [6.45, 7) is 6.09. The van der Waals surface area contributed by atoms with Gasteiger partial charge < -0.3 is 10.6 Å². The van der Waals surface area contributed by atoms with E-state index < -0.39 is 0 Å². The third-order valence-electron chi connectivity index (χ3n) is 2.33. The van der Waals surface area contributed by atoms with E-state index in [1.54, 1.807) is 6.07 Å². The Bertz CT molecular complexity index is 512. The van der Waals surface area contributed by atoms with Gasteiger partial charge in [0.25, 0.3) is 5.91 Å². The molecule has 0 spiro atoms. The van der Waals surface area contributed by atoms with Gasteiger partial charge in [-0.25, -0.2) is 0 Å². The zero-order valence-electron chi connectivity index (χ0n) is 11.7. The predicted octanol–water partition coefficient (Wildman–Crippen LogP) is 3.09. The highest BCUT2D eigenvalue weighted by molar-refractivity contribution is 14.1. The first-order chi connectivity index (χ1) is 9.19. The lowest BCUT2D eigenvalue weighted by molar-refractivity contribution is -0.122. The smallest absolute Gasteiger partial charge is 0.252 e. The molecule has 0 heterocycles. The first-order valence-corrected chi connectivity index (χ1v) is 8.10. The van der Waals surface area contributed by atoms with Gasteiger partial charge in [-0.2, -0.15) is 0 Å². The number of halogens is 2. The Morgan fingerprint density at radius 1 is 1.30 bits per heavy atom. The van der Waals surface area contributed by atoms with E-state index in [1.165, 1.54) is 0 Å². The highest BCUT2D eigenvalue weighted by Crippen LogP contribution is 2.19. The van der Waals surface area contributed by atoms with E-state index in [1.807, 2.05) is 32.9 Å². The molecule has 2 N–H and O–H groups in total. The van der Waals surface area contributed by atoms with Crippen molar-refractivity contribution < 1.29 is 9.59 Å². The Morgan fingerprint density at radius 2 is 1.95 bits per heavy atom. The van der Waals surface area contributed by atoms with Crippen molar-refractivity contribution in [3.05, 3.63) is 31.8 Å². The first kappa shape index (κ1) is 17.4. The van der Waals surface area contributed by atoms with Crippen molar-refractivity contribution in [1.82, 2.24) is 10.6 Å². The number of amides is 2. The molecule has 1 aromatic rings. The molecule has 0 aromatic heterocycles. The molecule has 0 saturated carbocycles. The summed E-state index contributed by atoms with van der Waals surface area (Å²) in [5.74, 6) is -0.251. The van der Waals surface area contributed by atoms with Crippen LogP contribution in [0, 0.1) is 3.57 Å². The minimum atomic E-state index is -0.250. The first-order valence-electron chi connectivity index (χ1n) is 6.23. The van der Waals surface area contributed by atoms with Gasteiger partial charge in [-0.15, -0.1) is 0 Å². The van der Waals surface area contributed by atoms with Crippen molar-refractivity contribution in [3.63, 3.8) is 0 Å². The minimum absolute atomic E-state index is 0.0699. The maximum Gasteiger partial charge on any atom is 0.252 e. The highest BCUT2D eigenvalue weighted by Gasteiger charge is 2.14. The number of rotatable bonds is 4. The fourth-order valence-electron chi connectivity index (χ4n) is 1.54. The normalized spacial score (nSPS) is 11.1. The summed E-state index contributed by atoms with van der Waals surface area (Å²) >= 11 is 5.50. The quantitative estimate of drug-likeness (QED) is 0.689. The molecule has 6 heteroatoms. The molecular formula is C14H18BrIN2O2. The summed E-state index contributed by atoms with van der Waals surface area (Å²) < 4.78 is 1.73. The third kappa shape index (κ3) is 6.21. The van der Waals surface area contributed by atoms with E-state index >= 15 is 0 Å². The molecule has 0 aliphatic carbocycles. The second-order valence-corrected chi connectivity index (χ2v) is 7.53. The van der Waals surface area contributed by atoms with Gasteiger partial charge in [0.05, 0.1) is 5.56 Å². The second kappa shape index (κ2) is 7.40. The maximum absolute atomic E-state index is 12.0.